The Morgan fingerprint density at radius 1 is 1.08 bits per heavy atom. The number of carbonyl (C=O) groups is 3. The Hall–Kier alpha value is -4.02. The van der Waals surface area contributed by atoms with Gasteiger partial charge in [0.2, 0.25) is 0 Å². The Kier molecular flexibility index (Phi) is 7.18. The number of barbiturate groups is 1. The number of hydrogen-bond acceptors (Lipinski definition) is 6. The molecule has 11 heteroatoms. The van der Waals surface area contributed by atoms with Gasteiger partial charge in [0.05, 0.1) is 10.6 Å². The number of anilines is 1. The molecule has 1 heterocycles. The molecule has 0 spiro atoms. The summed E-state index contributed by atoms with van der Waals surface area (Å²) in [6.45, 7) is 1.81. The van der Waals surface area contributed by atoms with Crippen LogP contribution in [0.1, 0.15) is 16.7 Å². The first-order valence-electron chi connectivity index (χ1n) is 10.5. The van der Waals surface area contributed by atoms with Gasteiger partial charge in [0.25, 0.3) is 17.5 Å². The zero-order chi connectivity index (χ0) is 26.0. The average molecular weight is 571 g/mol. The maximum Gasteiger partial charge on any atom is 0.335 e. The molecular weight excluding hydrogens is 554 g/mol. The van der Waals surface area contributed by atoms with Gasteiger partial charge in [-0.15, -0.1) is 0 Å². The van der Waals surface area contributed by atoms with Crippen molar-refractivity contribution in [1.29, 1.82) is 0 Å². The molecule has 36 heavy (non-hydrogen) atoms. The van der Waals surface area contributed by atoms with Crippen molar-refractivity contribution in [3.8, 4) is 5.75 Å². The van der Waals surface area contributed by atoms with E-state index in [2.05, 4.69) is 21.2 Å². The molecule has 0 radical (unpaired) electrons. The molecule has 0 aromatic heterocycles. The van der Waals surface area contributed by atoms with E-state index in [4.69, 9.17) is 16.3 Å². The summed E-state index contributed by atoms with van der Waals surface area (Å²) in [6, 6.07) is 14.7. The quantitative estimate of drug-likeness (QED) is 0.179. The standard InChI is InChI=1S/C25H17BrClN3O6/c1-14-10-17(26)4-8-21(14)29-24(32)20(23(31)28-25(29)33)12-16-11-18(27)5-9-22(16)36-13-15-2-6-19(7-3-15)30(34)35/h2-12H,13H2,1H3,(H,28,31,33)/b20-12-. The summed E-state index contributed by atoms with van der Waals surface area (Å²) < 4.78 is 6.63. The molecule has 9 nitrogen and oxygen atoms in total. The molecule has 0 bridgehead atoms. The number of nitro groups is 1. The van der Waals surface area contributed by atoms with Gasteiger partial charge in [0, 0.05) is 27.2 Å². The monoisotopic (exact) mass is 569 g/mol. The Morgan fingerprint density at radius 3 is 2.47 bits per heavy atom. The Morgan fingerprint density at radius 2 is 1.81 bits per heavy atom. The first-order valence-corrected chi connectivity index (χ1v) is 11.6. The van der Waals surface area contributed by atoms with Crippen molar-refractivity contribution >= 4 is 62.8 Å². The van der Waals surface area contributed by atoms with Crippen LogP contribution in [0.5, 0.6) is 5.75 Å². The van der Waals surface area contributed by atoms with Crippen molar-refractivity contribution in [3.05, 3.63) is 103 Å². The van der Waals surface area contributed by atoms with Crippen molar-refractivity contribution in [3.63, 3.8) is 0 Å². The SMILES string of the molecule is Cc1cc(Br)ccc1N1C(=O)NC(=O)/C(=C/c2cc(Cl)ccc2OCc2ccc([N+](=O)[O-])cc2)C1=O. The molecule has 1 aliphatic heterocycles. The Balaban J connectivity index is 1.65. The average Bonchev–Trinajstić information content (AvgIpc) is 2.82. The number of non-ortho nitro benzene ring substituents is 1. The summed E-state index contributed by atoms with van der Waals surface area (Å²) in [6.07, 6.45) is 1.31. The summed E-state index contributed by atoms with van der Waals surface area (Å²) in [5, 5.41) is 13.4. The van der Waals surface area contributed by atoms with E-state index >= 15 is 0 Å². The van der Waals surface area contributed by atoms with E-state index in [1.807, 2.05) is 0 Å². The van der Waals surface area contributed by atoms with Crippen molar-refractivity contribution in [2.45, 2.75) is 13.5 Å². The molecule has 0 saturated carbocycles. The summed E-state index contributed by atoms with van der Waals surface area (Å²) in [5.41, 5.74) is 1.67. The number of imide groups is 2. The first-order chi connectivity index (χ1) is 17.1. The van der Waals surface area contributed by atoms with Crippen molar-refractivity contribution in [2.75, 3.05) is 4.90 Å². The Bertz CT molecular complexity index is 1440. The van der Waals surface area contributed by atoms with Crippen LogP contribution >= 0.6 is 27.5 Å². The molecule has 4 amide bonds. The highest BCUT2D eigenvalue weighted by molar-refractivity contribution is 9.10. The zero-order valence-electron chi connectivity index (χ0n) is 18.7. The maximum atomic E-state index is 13.3. The number of hydrogen-bond donors (Lipinski definition) is 1. The molecule has 1 N–H and O–H groups in total. The Labute approximate surface area is 218 Å². The number of carbonyl (C=O) groups excluding carboxylic acids is 3. The minimum Gasteiger partial charge on any atom is -0.488 e. The lowest BCUT2D eigenvalue weighted by Crippen LogP contribution is -2.54. The third-order valence-electron chi connectivity index (χ3n) is 5.31. The summed E-state index contributed by atoms with van der Waals surface area (Å²) >= 11 is 9.50. The fourth-order valence-corrected chi connectivity index (χ4v) is 4.20. The van der Waals surface area contributed by atoms with Gasteiger partial charge in [-0.05, 0) is 72.7 Å². The third-order valence-corrected chi connectivity index (χ3v) is 6.04. The van der Waals surface area contributed by atoms with Crippen LogP contribution in [0.15, 0.2) is 70.7 Å². The molecule has 1 saturated heterocycles. The van der Waals surface area contributed by atoms with Gasteiger partial charge >= 0.3 is 6.03 Å². The predicted molar refractivity (Wildman–Crippen MR) is 137 cm³/mol. The van der Waals surface area contributed by atoms with E-state index in [0.717, 1.165) is 9.37 Å². The van der Waals surface area contributed by atoms with Crippen LogP contribution in [0.2, 0.25) is 5.02 Å². The highest BCUT2D eigenvalue weighted by Gasteiger charge is 2.37. The number of nitrogens with one attached hydrogen (secondary N) is 1. The molecule has 4 rings (SSSR count). The third kappa shape index (κ3) is 5.29. The second kappa shape index (κ2) is 10.3. The van der Waals surface area contributed by atoms with E-state index in [1.165, 1.54) is 24.3 Å². The summed E-state index contributed by atoms with van der Waals surface area (Å²) in [4.78, 5) is 49.7. The number of nitrogens with zero attached hydrogens (tertiary/aromatic N) is 2. The van der Waals surface area contributed by atoms with Gasteiger partial charge < -0.3 is 4.74 Å². The minimum atomic E-state index is -0.853. The topological polar surface area (TPSA) is 119 Å². The van der Waals surface area contributed by atoms with Gasteiger partial charge in [-0.2, -0.15) is 0 Å². The first kappa shape index (κ1) is 25.1. The van der Waals surface area contributed by atoms with Gasteiger partial charge in [0.1, 0.15) is 17.9 Å². The highest BCUT2D eigenvalue weighted by Crippen LogP contribution is 2.30. The number of aryl methyl sites for hydroxylation is 1. The van der Waals surface area contributed by atoms with E-state index in [9.17, 15) is 24.5 Å². The molecule has 182 valence electrons. The number of rotatable bonds is 6. The van der Waals surface area contributed by atoms with Gasteiger partial charge in [0.15, 0.2) is 0 Å². The van der Waals surface area contributed by atoms with Crippen molar-refractivity contribution in [2.24, 2.45) is 0 Å². The molecule has 0 aliphatic carbocycles. The molecule has 3 aromatic carbocycles. The molecule has 3 aromatic rings. The van der Waals surface area contributed by atoms with Crippen LogP contribution < -0.4 is 15.0 Å². The number of amides is 4. The lowest BCUT2D eigenvalue weighted by Gasteiger charge is -2.27. The summed E-state index contributed by atoms with van der Waals surface area (Å²) in [5.74, 6) is -1.33. The predicted octanol–water partition coefficient (Wildman–Crippen LogP) is 5.56. The highest BCUT2D eigenvalue weighted by atomic mass is 79.9. The van der Waals surface area contributed by atoms with Crippen LogP contribution in [0.25, 0.3) is 6.08 Å². The smallest absolute Gasteiger partial charge is 0.335 e. The van der Waals surface area contributed by atoms with Crippen LogP contribution in [-0.2, 0) is 16.2 Å². The van der Waals surface area contributed by atoms with Gasteiger partial charge in [-0.25, -0.2) is 9.69 Å². The maximum absolute atomic E-state index is 13.3. The van der Waals surface area contributed by atoms with E-state index < -0.39 is 22.8 Å². The molecule has 1 fully saturated rings. The largest absolute Gasteiger partial charge is 0.488 e. The van der Waals surface area contributed by atoms with E-state index in [-0.39, 0.29) is 17.9 Å². The number of ether oxygens (including phenoxy) is 1. The van der Waals surface area contributed by atoms with Crippen LogP contribution in [0.3, 0.4) is 0 Å². The van der Waals surface area contributed by atoms with Crippen LogP contribution in [-0.4, -0.2) is 22.8 Å². The number of benzene rings is 3. The van der Waals surface area contributed by atoms with Crippen molar-refractivity contribution < 1.29 is 24.0 Å². The van der Waals surface area contributed by atoms with Crippen molar-refractivity contribution in [1.82, 2.24) is 5.32 Å². The van der Waals surface area contributed by atoms with Gasteiger partial charge in [-0.1, -0.05) is 27.5 Å². The molecule has 0 unspecified atom stereocenters. The minimum absolute atomic E-state index is 0.0439. The second-order valence-corrected chi connectivity index (χ2v) is 9.14. The summed E-state index contributed by atoms with van der Waals surface area (Å²) in [7, 11) is 0. The normalized spacial score (nSPS) is 14.7. The number of halogens is 2. The van der Waals surface area contributed by atoms with Gasteiger partial charge in [-0.3, -0.25) is 25.0 Å². The second-order valence-electron chi connectivity index (χ2n) is 7.78. The molecular formula is C25H17BrClN3O6. The molecule has 0 atom stereocenters. The molecule has 1 aliphatic rings. The lowest BCUT2D eigenvalue weighted by molar-refractivity contribution is -0.384. The van der Waals surface area contributed by atoms with Crippen LogP contribution in [0.4, 0.5) is 16.2 Å². The fraction of sp³-hybridized carbons (Fsp3) is 0.0800. The number of nitro benzene ring substituents is 1. The fourth-order valence-electron chi connectivity index (χ4n) is 3.54. The van der Waals surface area contributed by atoms with E-state index in [0.29, 0.717) is 33.1 Å². The van der Waals surface area contributed by atoms with Crippen LogP contribution in [0, 0.1) is 17.0 Å². The lowest BCUT2D eigenvalue weighted by atomic mass is 10.0. The number of urea groups is 1. The van der Waals surface area contributed by atoms with E-state index in [1.54, 1.807) is 49.4 Å². The zero-order valence-corrected chi connectivity index (χ0v) is 21.0.